The van der Waals surface area contributed by atoms with Crippen LogP contribution >= 0.6 is 0 Å². The molecule has 2 aromatic rings. The number of benzene rings is 1. The molecule has 0 spiro atoms. The zero-order chi connectivity index (χ0) is 19.1. The molecule has 0 fully saturated rings. The van der Waals surface area contributed by atoms with Crippen molar-refractivity contribution in [3.63, 3.8) is 0 Å². The Hall–Kier alpha value is -2.65. The summed E-state index contributed by atoms with van der Waals surface area (Å²) in [5.74, 6) is 1.48. The van der Waals surface area contributed by atoms with Gasteiger partial charge in [0, 0.05) is 44.5 Å². The fourth-order valence-electron chi connectivity index (χ4n) is 2.81. The summed E-state index contributed by atoms with van der Waals surface area (Å²) in [4.78, 5) is 8.19. The maximum absolute atomic E-state index is 12.2. The summed E-state index contributed by atoms with van der Waals surface area (Å²) in [6, 6.07) is 11.1. The Morgan fingerprint density at radius 1 is 1.26 bits per heavy atom. The van der Waals surface area contributed by atoms with E-state index in [1.165, 1.54) is 18.5 Å². The van der Waals surface area contributed by atoms with Crippen LogP contribution in [-0.2, 0) is 10.0 Å². The molecular weight excluding hydrogens is 366 g/mol. The number of rotatable bonds is 6. The van der Waals surface area contributed by atoms with Crippen molar-refractivity contribution < 1.29 is 13.2 Å². The van der Waals surface area contributed by atoms with E-state index in [4.69, 9.17) is 4.74 Å². The van der Waals surface area contributed by atoms with Gasteiger partial charge >= 0.3 is 0 Å². The molecule has 0 saturated carbocycles. The number of nitrogens with one attached hydrogen (secondary N) is 3. The maximum atomic E-state index is 12.2. The molecule has 0 saturated heterocycles. The van der Waals surface area contributed by atoms with Gasteiger partial charge in [0.25, 0.3) is 0 Å². The highest BCUT2D eigenvalue weighted by molar-refractivity contribution is 7.89. The lowest BCUT2D eigenvalue weighted by molar-refractivity contribution is 0.261. The van der Waals surface area contributed by atoms with Crippen molar-refractivity contribution in [1.29, 1.82) is 0 Å². The number of hydrogen-bond donors (Lipinski definition) is 3. The van der Waals surface area contributed by atoms with Crippen LogP contribution in [0.2, 0.25) is 0 Å². The van der Waals surface area contributed by atoms with Crippen LogP contribution in [0.4, 0.5) is 0 Å². The highest BCUT2D eigenvalue weighted by Gasteiger charge is 2.21. The second kappa shape index (κ2) is 8.83. The van der Waals surface area contributed by atoms with Crippen LogP contribution in [0.3, 0.4) is 0 Å². The summed E-state index contributed by atoms with van der Waals surface area (Å²) >= 11 is 0. The first-order chi connectivity index (χ1) is 13.1. The molecule has 1 aromatic carbocycles. The topological polar surface area (TPSA) is 105 Å². The third-order valence-corrected chi connectivity index (χ3v) is 5.59. The molecule has 27 heavy (non-hydrogen) atoms. The number of nitrogens with zero attached hydrogens (tertiary/aromatic N) is 2. The minimum absolute atomic E-state index is 0.0910. The van der Waals surface area contributed by atoms with Gasteiger partial charge in [0.15, 0.2) is 5.96 Å². The molecule has 0 bridgehead atoms. The van der Waals surface area contributed by atoms with Gasteiger partial charge in [-0.05, 0) is 18.2 Å². The molecule has 1 atom stereocenters. The first-order valence-corrected chi connectivity index (χ1v) is 10.2. The first-order valence-electron chi connectivity index (χ1n) is 8.69. The Bertz CT molecular complexity index is 887. The lowest BCUT2D eigenvalue weighted by atomic mass is 10.0. The van der Waals surface area contributed by atoms with Crippen molar-refractivity contribution >= 4 is 16.0 Å². The lowest BCUT2D eigenvalue weighted by Gasteiger charge is -2.28. The van der Waals surface area contributed by atoms with Gasteiger partial charge in [-0.15, -0.1) is 0 Å². The smallest absolute Gasteiger partial charge is 0.242 e. The SMILES string of the molecule is CN=C(NCCNS(=O)(=O)c1cccnc1)NC1CCOc2ccccc21. The van der Waals surface area contributed by atoms with E-state index in [-0.39, 0.29) is 17.5 Å². The predicted molar refractivity (Wildman–Crippen MR) is 103 cm³/mol. The third kappa shape index (κ3) is 4.95. The molecule has 1 aromatic heterocycles. The average Bonchev–Trinajstić information content (AvgIpc) is 2.71. The number of guanidine groups is 1. The standard InChI is InChI=1S/C18H23N5O3S/c1-19-18(23-16-8-12-26-17-7-3-2-6-15(16)17)21-10-11-22-27(24,25)14-5-4-9-20-13-14/h2-7,9,13,16,22H,8,10-12H2,1H3,(H2,19,21,23). The fraction of sp³-hybridized carbons (Fsp3) is 0.333. The van der Waals surface area contributed by atoms with Crippen molar-refractivity contribution in [3.05, 3.63) is 54.4 Å². The number of pyridine rings is 1. The van der Waals surface area contributed by atoms with Gasteiger partial charge in [-0.25, -0.2) is 13.1 Å². The molecule has 2 heterocycles. The Morgan fingerprint density at radius 2 is 2.11 bits per heavy atom. The van der Waals surface area contributed by atoms with Gasteiger partial charge in [-0.3, -0.25) is 9.98 Å². The Kier molecular flexibility index (Phi) is 6.25. The van der Waals surface area contributed by atoms with E-state index in [0.717, 1.165) is 17.7 Å². The summed E-state index contributed by atoms with van der Waals surface area (Å²) in [7, 11) is -1.88. The molecule has 3 N–H and O–H groups in total. The van der Waals surface area contributed by atoms with Crippen molar-refractivity contribution in [2.75, 3.05) is 26.7 Å². The number of ether oxygens (including phenoxy) is 1. The number of para-hydroxylation sites is 1. The van der Waals surface area contributed by atoms with Crippen LogP contribution < -0.4 is 20.1 Å². The summed E-state index contributed by atoms with van der Waals surface area (Å²) in [5, 5.41) is 6.49. The van der Waals surface area contributed by atoms with Crippen molar-refractivity contribution in [1.82, 2.24) is 20.3 Å². The summed E-state index contributed by atoms with van der Waals surface area (Å²) in [5.41, 5.74) is 1.09. The molecule has 0 radical (unpaired) electrons. The molecule has 9 heteroatoms. The number of aromatic nitrogens is 1. The van der Waals surface area contributed by atoms with Gasteiger partial charge in [0.1, 0.15) is 10.6 Å². The van der Waals surface area contributed by atoms with Gasteiger partial charge in [0.2, 0.25) is 10.0 Å². The third-order valence-electron chi connectivity index (χ3n) is 4.15. The number of sulfonamides is 1. The van der Waals surface area contributed by atoms with E-state index in [2.05, 4.69) is 25.3 Å². The molecular formula is C18H23N5O3S. The van der Waals surface area contributed by atoms with E-state index in [9.17, 15) is 8.42 Å². The van der Waals surface area contributed by atoms with Crippen LogP contribution in [0.25, 0.3) is 0 Å². The molecule has 1 aliphatic heterocycles. The number of fused-ring (bicyclic) bond motifs is 1. The van der Waals surface area contributed by atoms with Crippen LogP contribution in [-0.4, -0.2) is 46.1 Å². The molecule has 144 valence electrons. The zero-order valence-electron chi connectivity index (χ0n) is 15.1. The van der Waals surface area contributed by atoms with Crippen molar-refractivity contribution in [2.45, 2.75) is 17.4 Å². The van der Waals surface area contributed by atoms with E-state index >= 15 is 0 Å². The van der Waals surface area contributed by atoms with Crippen LogP contribution in [0.1, 0.15) is 18.0 Å². The number of aliphatic imine (C=N–C) groups is 1. The Labute approximate surface area is 159 Å². The molecule has 1 aliphatic rings. The monoisotopic (exact) mass is 389 g/mol. The van der Waals surface area contributed by atoms with Crippen molar-refractivity contribution in [3.8, 4) is 5.75 Å². The molecule has 0 amide bonds. The maximum Gasteiger partial charge on any atom is 0.242 e. The van der Waals surface area contributed by atoms with Gasteiger partial charge in [-0.2, -0.15) is 0 Å². The summed E-state index contributed by atoms with van der Waals surface area (Å²) < 4.78 is 32.5. The van der Waals surface area contributed by atoms with E-state index in [0.29, 0.717) is 19.1 Å². The van der Waals surface area contributed by atoms with E-state index in [1.807, 2.05) is 24.3 Å². The Balaban J connectivity index is 1.51. The molecule has 8 nitrogen and oxygen atoms in total. The van der Waals surface area contributed by atoms with Gasteiger partial charge < -0.3 is 15.4 Å². The highest BCUT2D eigenvalue weighted by Crippen LogP contribution is 2.31. The molecule has 1 unspecified atom stereocenters. The predicted octanol–water partition coefficient (Wildman–Crippen LogP) is 1.05. The normalized spacial score (nSPS) is 16.9. The molecule has 3 rings (SSSR count). The quantitative estimate of drug-likeness (QED) is 0.388. The largest absolute Gasteiger partial charge is 0.493 e. The zero-order valence-corrected chi connectivity index (χ0v) is 15.9. The van der Waals surface area contributed by atoms with Crippen LogP contribution in [0.15, 0.2) is 58.7 Å². The number of hydrogen-bond acceptors (Lipinski definition) is 5. The fourth-order valence-corrected chi connectivity index (χ4v) is 3.80. The average molecular weight is 389 g/mol. The highest BCUT2D eigenvalue weighted by atomic mass is 32.2. The molecule has 0 aliphatic carbocycles. The van der Waals surface area contributed by atoms with E-state index in [1.54, 1.807) is 13.1 Å². The Morgan fingerprint density at radius 3 is 2.89 bits per heavy atom. The van der Waals surface area contributed by atoms with Gasteiger partial charge in [0.05, 0.1) is 12.6 Å². The van der Waals surface area contributed by atoms with Gasteiger partial charge in [-0.1, -0.05) is 18.2 Å². The summed E-state index contributed by atoms with van der Waals surface area (Å²) in [6.07, 6.45) is 3.68. The van der Waals surface area contributed by atoms with Crippen LogP contribution in [0, 0.1) is 0 Å². The second-order valence-electron chi connectivity index (χ2n) is 5.96. The minimum atomic E-state index is -3.56. The minimum Gasteiger partial charge on any atom is -0.493 e. The van der Waals surface area contributed by atoms with E-state index < -0.39 is 10.0 Å². The van der Waals surface area contributed by atoms with Crippen LogP contribution in [0.5, 0.6) is 5.75 Å². The summed E-state index contributed by atoms with van der Waals surface area (Å²) in [6.45, 7) is 1.25. The lowest BCUT2D eigenvalue weighted by Crippen LogP contribution is -2.43. The first kappa shape index (κ1) is 19.1. The van der Waals surface area contributed by atoms with Crippen molar-refractivity contribution in [2.24, 2.45) is 4.99 Å². The second-order valence-corrected chi connectivity index (χ2v) is 7.72.